The van der Waals surface area contributed by atoms with Gasteiger partial charge >= 0.3 is 5.97 Å². The zero-order chi connectivity index (χ0) is 14.4. The third-order valence-electron chi connectivity index (χ3n) is 2.61. The fraction of sp³-hybridized carbons (Fsp3) is 0.133. The second-order valence-corrected chi connectivity index (χ2v) is 4.55. The number of anilines is 1. The summed E-state index contributed by atoms with van der Waals surface area (Å²) in [5.74, 6) is -0.851. The fourth-order valence-electron chi connectivity index (χ4n) is 1.60. The summed E-state index contributed by atoms with van der Waals surface area (Å²) in [4.78, 5) is 11.5. The highest BCUT2D eigenvalue weighted by Gasteiger charge is 2.06. The van der Waals surface area contributed by atoms with E-state index in [1.807, 2.05) is 0 Å². The van der Waals surface area contributed by atoms with Gasteiger partial charge in [-0.2, -0.15) is 0 Å². The molecule has 2 aromatic carbocycles. The Morgan fingerprint density at radius 3 is 2.75 bits per heavy atom. The van der Waals surface area contributed by atoms with E-state index in [0.717, 1.165) is 5.69 Å². The SMILES string of the molecule is O=C(CNc1cccc(Cl)c1)OCc1ccccc1F. The molecule has 0 radical (unpaired) electrons. The third kappa shape index (κ3) is 4.24. The van der Waals surface area contributed by atoms with E-state index in [0.29, 0.717) is 10.6 Å². The number of benzene rings is 2. The first-order valence-electron chi connectivity index (χ1n) is 6.03. The van der Waals surface area contributed by atoms with Gasteiger partial charge in [-0.25, -0.2) is 4.39 Å². The molecule has 0 aromatic heterocycles. The molecule has 1 N–H and O–H groups in total. The predicted octanol–water partition coefficient (Wildman–Crippen LogP) is 3.63. The lowest BCUT2D eigenvalue weighted by Crippen LogP contribution is -2.17. The Kier molecular flexibility index (Phi) is 4.96. The van der Waals surface area contributed by atoms with Crippen molar-refractivity contribution in [3.8, 4) is 0 Å². The summed E-state index contributed by atoms with van der Waals surface area (Å²) in [6.07, 6.45) is 0. The molecule has 2 rings (SSSR count). The summed E-state index contributed by atoms with van der Waals surface area (Å²) >= 11 is 5.82. The number of carbonyl (C=O) groups is 1. The zero-order valence-corrected chi connectivity index (χ0v) is 11.4. The average molecular weight is 294 g/mol. The zero-order valence-electron chi connectivity index (χ0n) is 10.6. The van der Waals surface area contributed by atoms with Gasteiger partial charge in [0.15, 0.2) is 0 Å². The molecule has 0 amide bonds. The summed E-state index contributed by atoms with van der Waals surface area (Å²) in [6, 6.07) is 13.2. The molecule has 0 unspecified atom stereocenters. The van der Waals surface area contributed by atoms with Crippen molar-refractivity contribution in [2.24, 2.45) is 0 Å². The van der Waals surface area contributed by atoms with Crippen molar-refractivity contribution in [2.75, 3.05) is 11.9 Å². The minimum absolute atomic E-state index is 0.00516. The molecule has 2 aromatic rings. The molecule has 0 heterocycles. The van der Waals surface area contributed by atoms with Gasteiger partial charge in [0.25, 0.3) is 0 Å². The molecule has 0 saturated carbocycles. The van der Waals surface area contributed by atoms with Crippen molar-refractivity contribution in [3.63, 3.8) is 0 Å². The molecule has 0 aliphatic rings. The number of halogens is 2. The van der Waals surface area contributed by atoms with Gasteiger partial charge in [-0.1, -0.05) is 35.9 Å². The molecule has 0 saturated heterocycles. The molecule has 5 heteroatoms. The maximum atomic E-state index is 13.3. The minimum atomic E-state index is -0.465. The molecule has 0 aliphatic carbocycles. The van der Waals surface area contributed by atoms with Gasteiger partial charge in [0.05, 0.1) is 0 Å². The van der Waals surface area contributed by atoms with Crippen molar-refractivity contribution in [1.29, 1.82) is 0 Å². The maximum Gasteiger partial charge on any atom is 0.325 e. The summed E-state index contributed by atoms with van der Waals surface area (Å²) in [5.41, 5.74) is 1.07. The highest BCUT2D eigenvalue weighted by molar-refractivity contribution is 6.30. The quantitative estimate of drug-likeness (QED) is 0.856. The molecule has 0 fully saturated rings. The van der Waals surface area contributed by atoms with Gasteiger partial charge < -0.3 is 10.1 Å². The van der Waals surface area contributed by atoms with Crippen LogP contribution in [-0.4, -0.2) is 12.5 Å². The monoisotopic (exact) mass is 293 g/mol. The number of rotatable bonds is 5. The molecular formula is C15H13ClFNO2. The summed E-state index contributed by atoms with van der Waals surface area (Å²) in [5, 5.41) is 3.46. The number of hydrogen-bond acceptors (Lipinski definition) is 3. The molecule has 0 atom stereocenters. The smallest absolute Gasteiger partial charge is 0.325 e. The summed E-state index contributed by atoms with van der Waals surface area (Å²) < 4.78 is 18.3. The Morgan fingerprint density at radius 1 is 1.20 bits per heavy atom. The van der Waals surface area contributed by atoms with E-state index in [9.17, 15) is 9.18 Å². The van der Waals surface area contributed by atoms with Crippen molar-refractivity contribution >= 4 is 23.3 Å². The standard InChI is InChI=1S/C15H13ClFNO2/c16-12-5-3-6-13(8-12)18-9-15(19)20-10-11-4-1-2-7-14(11)17/h1-8,18H,9-10H2. The maximum absolute atomic E-state index is 13.3. The van der Waals surface area contributed by atoms with Crippen molar-refractivity contribution in [2.45, 2.75) is 6.61 Å². The van der Waals surface area contributed by atoms with Gasteiger partial charge in [0.2, 0.25) is 0 Å². The number of nitrogens with one attached hydrogen (secondary N) is 1. The van der Waals surface area contributed by atoms with Crippen molar-refractivity contribution in [3.05, 3.63) is 64.9 Å². The molecule has 104 valence electrons. The van der Waals surface area contributed by atoms with Crippen LogP contribution in [0.4, 0.5) is 10.1 Å². The highest BCUT2D eigenvalue weighted by Crippen LogP contribution is 2.14. The minimum Gasteiger partial charge on any atom is -0.459 e. The van der Waals surface area contributed by atoms with E-state index in [1.165, 1.54) is 6.07 Å². The van der Waals surface area contributed by atoms with E-state index in [-0.39, 0.29) is 19.0 Å². The topological polar surface area (TPSA) is 38.3 Å². The van der Waals surface area contributed by atoms with E-state index < -0.39 is 5.97 Å². The summed E-state index contributed by atoms with van der Waals surface area (Å²) in [6.45, 7) is -0.0858. The van der Waals surface area contributed by atoms with Crippen LogP contribution in [-0.2, 0) is 16.1 Å². The number of hydrogen-bond donors (Lipinski definition) is 1. The summed E-state index contributed by atoms with van der Waals surface area (Å²) in [7, 11) is 0. The van der Waals surface area contributed by atoms with E-state index in [1.54, 1.807) is 42.5 Å². The third-order valence-corrected chi connectivity index (χ3v) is 2.84. The number of ether oxygens (including phenoxy) is 1. The van der Waals surface area contributed by atoms with Gasteiger partial charge in [0.1, 0.15) is 19.0 Å². The molecular weight excluding hydrogens is 281 g/mol. The first-order valence-corrected chi connectivity index (χ1v) is 6.41. The molecule has 20 heavy (non-hydrogen) atoms. The predicted molar refractivity (Wildman–Crippen MR) is 76.1 cm³/mol. The van der Waals surface area contributed by atoms with Gasteiger partial charge in [0, 0.05) is 16.3 Å². The van der Waals surface area contributed by atoms with Crippen LogP contribution in [0.25, 0.3) is 0 Å². The van der Waals surface area contributed by atoms with Crippen LogP contribution in [0.2, 0.25) is 5.02 Å². The van der Waals surface area contributed by atoms with Crippen LogP contribution in [0, 0.1) is 5.82 Å². The van der Waals surface area contributed by atoms with E-state index in [4.69, 9.17) is 16.3 Å². The first kappa shape index (κ1) is 14.3. The Morgan fingerprint density at radius 2 is 2.00 bits per heavy atom. The van der Waals surface area contributed by atoms with E-state index in [2.05, 4.69) is 5.32 Å². The lowest BCUT2D eigenvalue weighted by Gasteiger charge is -2.08. The number of esters is 1. The lowest BCUT2D eigenvalue weighted by molar-refractivity contribution is -0.142. The van der Waals surface area contributed by atoms with Crippen LogP contribution in [0.3, 0.4) is 0 Å². The van der Waals surface area contributed by atoms with Crippen molar-refractivity contribution in [1.82, 2.24) is 0 Å². The Balaban J connectivity index is 1.80. The fourth-order valence-corrected chi connectivity index (χ4v) is 1.79. The average Bonchev–Trinajstić information content (AvgIpc) is 2.44. The van der Waals surface area contributed by atoms with Crippen LogP contribution >= 0.6 is 11.6 Å². The highest BCUT2D eigenvalue weighted by atomic mass is 35.5. The first-order chi connectivity index (χ1) is 9.65. The molecule has 0 aliphatic heterocycles. The largest absolute Gasteiger partial charge is 0.459 e. The molecule has 3 nitrogen and oxygen atoms in total. The van der Waals surface area contributed by atoms with E-state index >= 15 is 0 Å². The normalized spacial score (nSPS) is 10.1. The van der Waals surface area contributed by atoms with Gasteiger partial charge in [-0.05, 0) is 24.3 Å². The van der Waals surface area contributed by atoms with Crippen LogP contribution in [0.5, 0.6) is 0 Å². The molecule has 0 spiro atoms. The Hall–Kier alpha value is -2.07. The van der Waals surface area contributed by atoms with Gasteiger partial charge in [-0.15, -0.1) is 0 Å². The second kappa shape index (κ2) is 6.91. The van der Waals surface area contributed by atoms with Crippen LogP contribution in [0.15, 0.2) is 48.5 Å². The van der Waals surface area contributed by atoms with Crippen LogP contribution < -0.4 is 5.32 Å². The second-order valence-electron chi connectivity index (χ2n) is 4.12. The number of carbonyl (C=O) groups excluding carboxylic acids is 1. The van der Waals surface area contributed by atoms with Crippen LogP contribution in [0.1, 0.15) is 5.56 Å². The van der Waals surface area contributed by atoms with Crippen molar-refractivity contribution < 1.29 is 13.9 Å². The Bertz CT molecular complexity index is 604. The lowest BCUT2D eigenvalue weighted by atomic mass is 10.2. The van der Waals surface area contributed by atoms with Gasteiger partial charge in [-0.3, -0.25) is 4.79 Å². The Labute approximate surface area is 121 Å². The molecule has 0 bridgehead atoms.